The standard InChI is InChI=1S/C16H17N5O2/c1-11-2-4-12(5-3-11)6-7-17-13(22)8-21-10-20-15-14(21)16(23)19-9-18-15/h2-5,9-10H,6-8H2,1H3,(H,17,22)(H,18,19,23). The van der Waals surface area contributed by atoms with E-state index in [2.05, 4.69) is 32.4 Å². The van der Waals surface area contributed by atoms with Gasteiger partial charge in [0.05, 0.1) is 12.7 Å². The first kappa shape index (κ1) is 15.0. The van der Waals surface area contributed by atoms with E-state index in [0.29, 0.717) is 17.7 Å². The number of fused-ring (bicyclic) bond motifs is 1. The van der Waals surface area contributed by atoms with Gasteiger partial charge in [0, 0.05) is 6.54 Å². The molecule has 0 unspecified atom stereocenters. The summed E-state index contributed by atoms with van der Waals surface area (Å²) in [6.07, 6.45) is 3.51. The average Bonchev–Trinajstić information content (AvgIpc) is 2.94. The Hall–Kier alpha value is -2.96. The summed E-state index contributed by atoms with van der Waals surface area (Å²) >= 11 is 0. The monoisotopic (exact) mass is 311 g/mol. The highest BCUT2D eigenvalue weighted by Crippen LogP contribution is 2.04. The van der Waals surface area contributed by atoms with Crippen LogP contribution in [-0.2, 0) is 17.8 Å². The van der Waals surface area contributed by atoms with E-state index in [-0.39, 0.29) is 18.0 Å². The minimum absolute atomic E-state index is 0.0408. The summed E-state index contributed by atoms with van der Waals surface area (Å²) in [7, 11) is 0. The third-order valence-corrected chi connectivity index (χ3v) is 3.59. The summed E-state index contributed by atoms with van der Waals surface area (Å²) in [6, 6.07) is 8.20. The van der Waals surface area contributed by atoms with Gasteiger partial charge in [-0.1, -0.05) is 29.8 Å². The van der Waals surface area contributed by atoms with Crippen LogP contribution in [0.25, 0.3) is 11.2 Å². The van der Waals surface area contributed by atoms with Gasteiger partial charge >= 0.3 is 0 Å². The van der Waals surface area contributed by atoms with E-state index >= 15 is 0 Å². The average molecular weight is 311 g/mol. The van der Waals surface area contributed by atoms with Gasteiger partial charge < -0.3 is 14.9 Å². The van der Waals surface area contributed by atoms with Gasteiger partial charge in [0.2, 0.25) is 5.91 Å². The lowest BCUT2D eigenvalue weighted by Crippen LogP contribution is -2.29. The van der Waals surface area contributed by atoms with Crippen molar-refractivity contribution in [3.05, 3.63) is 58.4 Å². The molecule has 0 aliphatic rings. The van der Waals surface area contributed by atoms with Crippen molar-refractivity contribution in [1.82, 2.24) is 24.8 Å². The van der Waals surface area contributed by atoms with Crippen molar-refractivity contribution < 1.29 is 4.79 Å². The molecule has 0 bridgehead atoms. The van der Waals surface area contributed by atoms with E-state index in [1.165, 1.54) is 28.3 Å². The first-order chi connectivity index (χ1) is 11.1. The van der Waals surface area contributed by atoms with Crippen molar-refractivity contribution >= 4 is 17.1 Å². The number of H-pyrrole nitrogens is 1. The topological polar surface area (TPSA) is 92.7 Å². The summed E-state index contributed by atoms with van der Waals surface area (Å²) in [5.41, 5.74) is 2.72. The van der Waals surface area contributed by atoms with E-state index in [1.54, 1.807) is 0 Å². The molecule has 0 saturated heterocycles. The molecule has 0 saturated carbocycles. The number of aromatic amines is 1. The summed E-state index contributed by atoms with van der Waals surface area (Å²) in [6.45, 7) is 2.62. The van der Waals surface area contributed by atoms with Crippen molar-refractivity contribution in [3.8, 4) is 0 Å². The number of carbonyl (C=O) groups is 1. The Labute approximate surface area is 132 Å². The molecule has 2 aromatic heterocycles. The molecule has 118 valence electrons. The number of hydrogen-bond acceptors (Lipinski definition) is 4. The second kappa shape index (κ2) is 6.43. The van der Waals surface area contributed by atoms with Crippen molar-refractivity contribution in [2.24, 2.45) is 0 Å². The predicted molar refractivity (Wildman–Crippen MR) is 86.0 cm³/mol. The van der Waals surface area contributed by atoms with Crippen LogP contribution in [0.5, 0.6) is 0 Å². The van der Waals surface area contributed by atoms with Crippen LogP contribution in [0, 0.1) is 6.92 Å². The quantitative estimate of drug-likeness (QED) is 0.728. The Kier molecular flexibility index (Phi) is 4.18. The highest BCUT2D eigenvalue weighted by atomic mass is 16.2. The minimum atomic E-state index is -0.306. The smallest absolute Gasteiger partial charge is 0.276 e. The number of benzene rings is 1. The lowest BCUT2D eigenvalue weighted by Gasteiger charge is -2.07. The largest absolute Gasteiger partial charge is 0.354 e. The van der Waals surface area contributed by atoms with E-state index in [9.17, 15) is 9.59 Å². The van der Waals surface area contributed by atoms with Gasteiger partial charge in [-0.2, -0.15) is 0 Å². The van der Waals surface area contributed by atoms with Crippen LogP contribution < -0.4 is 10.9 Å². The highest BCUT2D eigenvalue weighted by Gasteiger charge is 2.10. The van der Waals surface area contributed by atoms with Gasteiger partial charge in [-0.3, -0.25) is 9.59 Å². The Morgan fingerprint density at radius 3 is 2.83 bits per heavy atom. The fourth-order valence-electron chi connectivity index (χ4n) is 2.35. The Morgan fingerprint density at radius 2 is 2.04 bits per heavy atom. The third kappa shape index (κ3) is 3.45. The molecule has 2 heterocycles. The second-order valence-corrected chi connectivity index (χ2v) is 5.36. The second-order valence-electron chi connectivity index (χ2n) is 5.36. The number of nitrogens with zero attached hydrogens (tertiary/aromatic N) is 3. The van der Waals surface area contributed by atoms with Crippen LogP contribution in [0.4, 0.5) is 0 Å². The number of carbonyl (C=O) groups excluding carboxylic acids is 1. The number of rotatable bonds is 5. The molecule has 1 amide bonds. The number of nitrogens with one attached hydrogen (secondary N) is 2. The molecule has 0 aliphatic heterocycles. The van der Waals surface area contributed by atoms with Crippen molar-refractivity contribution in [2.75, 3.05) is 6.54 Å². The van der Waals surface area contributed by atoms with Crippen molar-refractivity contribution in [2.45, 2.75) is 19.9 Å². The normalized spacial score (nSPS) is 10.8. The molecule has 1 aromatic carbocycles. The number of amides is 1. The van der Waals surface area contributed by atoms with Crippen LogP contribution in [0.1, 0.15) is 11.1 Å². The van der Waals surface area contributed by atoms with Crippen LogP contribution in [0.3, 0.4) is 0 Å². The van der Waals surface area contributed by atoms with Crippen LogP contribution in [0.2, 0.25) is 0 Å². The van der Waals surface area contributed by atoms with Crippen LogP contribution in [-0.4, -0.2) is 32.0 Å². The number of imidazole rings is 1. The molecule has 0 aliphatic carbocycles. The summed E-state index contributed by atoms with van der Waals surface area (Å²) in [4.78, 5) is 34.3. The third-order valence-electron chi connectivity index (χ3n) is 3.59. The zero-order chi connectivity index (χ0) is 16.2. The Morgan fingerprint density at radius 1 is 1.26 bits per heavy atom. The Bertz CT molecular complexity index is 879. The molecular formula is C16H17N5O2. The van der Waals surface area contributed by atoms with E-state index in [4.69, 9.17) is 0 Å². The first-order valence-electron chi connectivity index (χ1n) is 7.34. The molecule has 0 spiro atoms. The van der Waals surface area contributed by atoms with Gasteiger partial charge in [0.1, 0.15) is 6.54 Å². The molecule has 7 nitrogen and oxygen atoms in total. The zero-order valence-corrected chi connectivity index (χ0v) is 12.7. The Balaban J connectivity index is 1.58. The predicted octanol–water partition coefficient (Wildman–Crippen LogP) is 0.787. The molecule has 0 atom stereocenters. The highest BCUT2D eigenvalue weighted by molar-refractivity contribution is 5.78. The fraction of sp³-hybridized carbons (Fsp3) is 0.250. The summed E-state index contributed by atoms with van der Waals surface area (Å²) in [5.74, 6) is -0.167. The first-order valence-corrected chi connectivity index (χ1v) is 7.34. The number of hydrogen-bond donors (Lipinski definition) is 2. The van der Waals surface area contributed by atoms with E-state index in [1.807, 2.05) is 19.1 Å². The SMILES string of the molecule is Cc1ccc(CCNC(=O)Cn2cnc3nc[nH]c(=O)c32)cc1. The van der Waals surface area contributed by atoms with Crippen molar-refractivity contribution in [1.29, 1.82) is 0 Å². The zero-order valence-electron chi connectivity index (χ0n) is 12.7. The molecular weight excluding hydrogens is 294 g/mol. The van der Waals surface area contributed by atoms with Gasteiger partial charge in [-0.15, -0.1) is 0 Å². The maximum absolute atomic E-state index is 12.0. The molecule has 2 N–H and O–H groups in total. The number of aryl methyl sites for hydroxylation is 1. The molecule has 23 heavy (non-hydrogen) atoms. The molecule has 7 heteroatoms. The lowest BCUT2D eigenvalue weighted by atomic mass is 10.1. The fourth-order valence-corrected chi connectivity index (χ4v) is 2.35. The minimum Gasteiger partial charge on any atom is -0.354 e. The number of aromatic nitrogens is 4. The van der Waals surface area contributed by atoms with Gasteiger partial charge in [0.25, 0.3) is 5.56 Å². The van der Waals surface area contributed by atoms with E-state index in [0.717, 1.165) is 6.42 Å². The summed E-state index contributed by atoms with van der Waals surface area (Å²) in [5, 5.41) is 2.85. The molecule has 3 aromatic rings. The van der Waals surface area contributed by atoms with Crippen LogP contribution >= 0.6 is 0 Å². The van der Waals surface area contributed by atoms with E-state index < -0.39 is 0 Å². The lowest BCUT2D eigenvalue weighted by molar-refractivity contribution is -0.121. The maximum atomic E-state index is 12.0. The van der Waals surface area contributed by atoms with Crippen LogP contribution in [0.15, 0.2) is 41.7 Å². The summed E-state index contributed by atoms with van der Waals surface area (Å²) < 4.78 is 1.50. The van der Waals surface area contributed by atoms with Crippen molar-refractivity contribution in [3.63, 3.8) is 0 Å². The van der Waals surface area contributed by atoms with Gasteiger partial charge in [-0.05, 0) is 18.9 Å². The maximum Gasteiger partial charge on any atom is 0.276 e. The molecule has 0 radical (unpaired) electrons. The van der Waals surface area contributed by atoms with Gasteiger partial charge in [0.15, 0.2) is 11.2 Å². The van der Waals surface area contributed by atoms with Gasteiger partial charge in [-0.25, -0.2) is 9.97 Å². The molecule has 0 fully saturated rings. The molecule has 3 rings (SSSR count).